The molecule has 0 saturated heterocycles. The van der Waals surface area contributed by atoms with Gasteiger partial charge in [0.15, 0.2) is 5.69 Å². The second-order valence-corrected chi connectivity index (χ2v) is 6.31. The summed E-state index contributed by atoms with van der Waals surface area (Å²) >= 11 is 1.23. The van der Waals surface area contributed by atoms with E-state index < -0.39 is 5.91 Å². The van der Waals surface area contributed by atoms with E-state index in [2.05, 4.69) is 5.10 Å². The van der Waals surface area contributed by atoms with E-state index in [1.165, 1.54) is 17.8 Å². The maximum atomic E-state index is 12.5. The zero-order chi connectivity index (χ0) is 18.5. The van der Waals surface area contributed by atoms with E-state index in [1.807, 2.05) is 36.4 Å². The lowest BCUT2D eigenvalue weighted by atomic mass is 10.3. The Balaban J connectivity index is 2.14. The number of aromatic nitrogens is 2. The van der Waals surface area contributed by atoms with Crippen LogP contribution in [0, 0.1) is 5.41 Å². The number of nitrogens with zero attached hydrogens (tertiary/aromatic N) is 3. The quantitative estimate of drug-likeness (QED) is 0.237. The molecule has 2 aromatic carbocycles. The molecule has 7 nitrogen and oxygen atoms in total. The van der Waals surface area contributed by atoms with Gasteiger partial charge in [0.2, 0.25) is 0 Å². The molecule has 130 valence electrons. The second-order valence-electron chi connectivity index (χ2n) is 5.20. The molecule has 1 aromatic heterocycles. The van der Waals surface area contributed by atoms with Crippen molar-refractivity contribution in [3.05, 3.63) is 82.8 Å². The molecule has 0 aliphatic heterocycles. The number of amides is 1. The van der Waals surface area contributed by atoms with Crippen LogP contribution in [-0.2, 0) is 0 Å². The van der Waals surface area contributed by atoms with Crippen LogP contribution >= 0.6 is 11.8 Å². The molecular weight excluding hydrogens is 350 g/mol. The molecule has 3 rings (SSSR count). The van der Waals surface area contributed by atoms with Crippen LogP contribution in [0.4, 0.5) is 0 Å². The van der Waals surface area contributed by atoms with Crippen LogP contribution in [0.2, 0.25) is 0 Å². The van der Waals surface area contributed by atoms with Crippen LogP contribution in [0.1, 0.15) is 10.5 Å². The van der Waals surface area contributed by atoms with E-state index in [4.69, 9.17) is 11.3 Å². The first-order chi connectivity index (χ1) is 12.6. The highest BCUT2D eigenvalue weighted by atomic mass is 32.2. The van der Waals surface area contributed by atoms with Gasteiger partial charge in [-0.25, -0.2) is 10.9 Å². The third-order valence-electron chi connectivity index (χ3n) is 3.44. The van der Waals surface area contributed by atoms with E-state index in [0.717, 1.165) is 9.58 Å². The van der Waals surface area contributed by atoms with Crippen molar-refractivity contribution in [3.8, 4) is 5.69 Å². The average Bonchev–Trinajstić information content (AvgIpc) is 2.68. The Kier molecular flexibility index (Phi) is 5.26. The summed E-state index contributed by atoms with van der Waals surface area (Å²) in [6.45, 7) is 0. The van der Waals surface area contributed by atoms with Gasteiger partial charge in [0, 0.05) is 11.0 Å². The average molecular weight is 365 g/mol. The summed E-state index contributed by atoms with van der Waals surface area (Å²) in [5.41, 5.74) is 0.152. The summed E-state index contributed by atoms with van der Waals surface area (Å²) in [6, 6.07) is 19.4. The Morgan fingerprint density at radius 3 is 2.35 bits per heavy atom. The lowest BCUT2D eigenvalue weighted by Crippen LogP contribution is -2.38. The van der Waals surface area contributed by atoms with Crippen molar-refractivity contribution in [1.29, 1.82) is 5.41 Å². The molecule has 3 N–H and O–H groups in total. The van der Waals surface area contributed by atoms with Crippen molar-refractivity contribution in [1.82, 2.24) is 14.8 Å². The van der Waals surface area contributed by atoms with Crippen molar-refractivity contribution < 1.29 is 4.79 Å². The molecule has 0 radical (unpaired) electrons. The smallest absolute Gasteiger partial charge is 0.290 e. The van der Waals surface area contributed by atoms with Crippen LogP contribution in [0.15, 0.2) is 81.3 Å². The first kappa shape index (κ1) is 17.6. The summed E-state index contributed by atoms with van der Waals surface area (Å²) in [7, 11) is 0. The number of carbonyl (C=O) groups excluding carboxylic acids is 1. The summed E-state index contributed by atoms with van der Waals surface area (Å²) < 4.78 is 1.14. The molecule has 8 heteroatoms. The lowest BCUT2D eigenvalue weighted by molar-refractivity contribution is 0.0840. The van der Waals surface area contributed by atoms with Gasteiger partial charge in [-0.2, -0.15) is 9.78 Å². The third-order valence-corrected chi connectivity index (χ3v) is 4.48. The van der Waals surface area contributed by atoms with Crippen molar-refractivity contribution in [2.75, 3.05) is 0 Å². The zero-order valence-corrected chi connectivity index (χ0v) is 14.4. The van der Waals surface area contributed by atoms with Gasteiger partial charge in [-0.05, 0) is 24.3 Å². The number of rotatable bonds is 5. The summed E-state index contributed by atoms with van der Waals surface area (Å²) in [5, 5.41) is 12.0. The van der Waals surface area contributed by atoms with Gasteiger partial charge in [0.05, 0.1) is 10.6 Å². The number of hydrazine groups is 1. The molecule has 0 fully saturated rings. The largest absolute Gasteiger partial charge is 0.294 e. The number of hydrogen-bond acceptors (Lipinski definition) is 6. The molecule has 0 spiro atoms. The molecule has 0 atom stereocenters. The van der Waals surface area contributed by atoms with Crippen molar-refractivity contribution in [3.63, 3.8) is 0 Å². The van der Waals surface area contributed by atoms with E-state index in [1.54, 1.807) is 24.3 Å². The number of nitrogens with one attached hydrogen (secondary N) is 1. The second kappa shape index (κ2) is 7.77. The SMILES string of the molecule is N=CN(N)C(=O)c1nn(-c2ccccc2)c(=O)cc1Sc1ccccc1. The fourth-order valence-electron chi connectivity index (χ4n) is 2.22. The Labute approximate surface area is 153 Å². The van der Waals surface area contributed by atoms with Gasteiger partial charge < -0.3 is 0 Å². The standard InChI is InChI=1S/C18H15N5O2S/c19-12-22(20)18(25)17-15(26-14-9-5-2-6-10-14)11-16(24)23(21-17)13-7-3-1-4-8-13/h1-12,19H,20H2. The van der Waals surface area contributed by atoms with E-state index in [9.17, 15) is 9.59 Å². The highest BCUT2D eigenvalue weighted by molar-refractivity contribution is 7.99. The Morgan fingerprint density at radius 2 is 1.73 bits per heavy atom. The van der Waals surface area contributed by atoms with Crippen molar-refractivity contribution in [2.45, 2.75) is 9.79 Å². The Bertz CT molecular complexity index is 989. The van der Waals surface area contributed by atoms with Gasteiger partial charge in [0.1, 0.15) is 6.34 Å². The van der Waals surface area contributed by atoms with E-state index >= 15 is 0 Å². The van der Waals surface area contributed by atoms with Crippen LogP contribution < -0.4 is 11.4 Å². The maximum absolute atomic E-state index is 12.5. The lowest BCUT2D eigenvalue weighted by Gasteiger charge is -2.14. The molecule has 0 bridgehead atoms. The van der Waals surface area contributed by atoms with Gasteiger partial charge in [-0.1, -0.05) is 48.2 Å². The highest BCUT2D eigenvalue weighted by Gasteiger charge is 2.21. The summed E-state index contributed by atoms with van der Waals surface area (Å²) in [5.74, 6) is 4.86. The van der Waals surface area contributed by atoms with Crippen LogP contribution in [0.25, 0.3) is 5.69 Å². The van der Waals surface area contributed by atoms with Gasteiger partial charge in [-0.15, -0.1) is 0 Å². The molecule has 0 aliphatic carbocycles. The monoisotopic (exact) mass is 365 g/mol. The number of hydrogen-bond donors (Lipinski definition) is 2. The first-order valence-corrected chi connectivity index (χ1v) is 8.43. The van der Waals surface area contributed by atoms with Gasteiger partial charge in [-0.3, -0.25) is 15.0 Å². The van der Waals surface area contributed by atoms with Crippen LogP contribution in [0.3, 0.4) is 0 Å². The normalized spacial score (nSPS) is 10.3. The van der Waals surface area contributed by atoms with Crippen LogP contribution in [0.5, 0.6) is 0 Å². The molecule has 1 heterocycles. The molecule has 0 aliphatic rings. The minimum Gasteiger partial charge on any atom is -0.290 e. The highest BCUT2D eigenvalue weighted by Crippen LogP contribution is 2.29. The zero-order valence-electron chi connectivity index (χ0n) is 13.6. The van der Waals surface area contributed by atoms with Crippen molar-refractivity contribution >= 4 is 24.0 Å². The molecule has 3 aromatic rings. The Hall–Kier alpha value is -3.23. The van der Waals surface area contributed by atoms with Gasteiger partial charge in [0.25, 0.3) is 11.5 Å². The molecule has 0 unspecified atom stereocenters. The van der Waals surface area contributed by atoms with Gasteiger partial charge >= 0.3 is 0 Å². The molecule has 1 amide bonds. The molecule has 26 heavy (non-hydrogen) atoms. The number of para-hydroxylation sites is 1. The fraction of sp³-hybridized carbons (Fsp3) is 0. The number of carbonyl (C=O) groups is 1. The van der Waals surface area contributed by atoms with Crippen LogP contribution in [-0.4, -0.2) is 27.0 Å². The first-order valence-electron chi connectivity index (χ1n) is 7.61. The van der Waals surface area contributed by atoms with Crippen molar-refractivity contribution in [2.24, 2.45) is 5.84 Å². The predicted molar refractivity (Wildman–Crippen MR) is 99.5 cm³/mol. The Morgan fingerprint density at radius 1 is 1.12 bits per heavy atom. The topological polar surface area (TPSA) is 105 Å². The predicted octanol–water partition coefficient (Wildman–Crippen LogP) is 2.31. The minimum absolute atomic E-state index is 0.00620. The number of nitrogens with two attached hydrogens (primary N) is 1. The molecular formula is C18H15N5O2S. The minimum atomic E-state index is -0.678. The third kappa shape index (κ3) is 3.71. The van der Waals surface area contributed by atoms with E-state index in [0.29, 0.717) is 21.9 Å². The summed E-state index contributed by atoms with van der Waals surface area (Å²) in [6.07, 6.45) is 0.693. The summed E-state index contributed by atoms with van der Waals surface area (Å²) in [4.78, 5) is 26.3. The number of benzene rings is 2. The maximum Gasteiger partial charge on any atom is 0.294 e. The molecule has 0 saturated carbocycles. The fourth-order valence-corrected chi connectivity index (χ4v) is 3.15. The van der Waals surface area contributed by atoms with E-state index in [-0.39, 0.29) is 11.3 Å².